The Morgan fingerprint density at radius 2 is 1.81 bits per heavy atom. The Hall–Kier alpha value is -1.07. The number of carbonyl (C=O) groups is 1. The number of nitrogens with one attached hydrogen (secondary N) is 1. The molecule has 0 saturated carbocycles. The van der Waals surface area contributed by atoms with Crippen molar-refractivity contribution in [2.45, 2.75) is 12.5 Å². The zero-order valence-corrected chi connectivity index (χ0v) is 14.0. The van der Waals surface area contributed by atoms with Crippen LogP contribution in [-0.2, 0) is 11.2 Å². The van der Waals surface area contributed by atoms with Crippen LogP contribution in [0.25, 0.3) is 0 Å². The average Bonchev–Trinajstić information content (AvgIpc) is 2.48. The molecule has 0 aliphatic rings. The van der Waals surface area contributed by atoms with Gasteiger partial charge in [-0.25, -0.2) is 0 Å². The van der Waals surface area contributed by atoms with Crippen LogP contribution in [0.1, 0.15) is 5.56 Å². The number of hydrogen-bond donors (Lipinski definition) is 2. The van der Waals surface area contributed by atoms with Gasteiger partial charge < -0.3 is 11.1 Å². The number of carbonyl (C=O) groups excluding carboxylic acids is 1. The van der Waals surface area contributed by atoms with Gasteiger partial charge in [-0.2, -0.15) is 0 Å². The second-order valence-electron chi connectivity index (χ2n) is 4.51. The average molecular weight is 388 g/mol. The summed E-state index contributed by atoms with van der Waals surface area (Å²) in [6.45, 7) is 0. The minimum atomic E-state index is -0.661. The maximum absolute atomic E-state index is 12.1. The van der Waals surface area contributed by atoms with Gasteiger partial charge in [0.1, 0.15) is 0 Å². The van der Waals surface area contributed by atoms with E-state index in [1.54, 1.807) is 12.1 Å². The van der Waals surface area contributed by atoms with E-state index in [0.717, 1.165) is 5.56 Å². The lowest BCUT2D eigenvalue weighted by Crippen LogP contribution is -2.37. The molecule has 0 saturated heterocycles. The normalized spacial score (nSPS) is 12.0. The highest BCUT2D eigenvalue weighted by Gasteiger charge is 2.17. The second kappa shape index (κ2) is 7.27. The predicted molar refractivity (Wildman–Crippen MR) is 90.9 cm³/mol. The van der Waals surface area contributed by atoms with Crippen LogP contribution >= 0.6 is 39.1 Å². The van der Waals surface area contributed by atoms with Crippen LogP contribution in [-0.4, -0.2) is 11.9 Å². The van der Waals surface area contributed by atoms with Crippen molar-refractivity contribution in [1.29, 1.82) is 0 Å². The van der Waals surface area contributed by atoms with E-state index in [1.165, 1.54) is 0 Å². The number of amides is 1. The number of nitrogens with two attached hydrogens (primary N) is 1. The maximum Gasteiger partial charge on any atom is 0.241 e. The summed E-state index contributed by atoms with van der Waals surface area (Å²) in [5.74, 6) is -0.306. The Morgan fingerprint density at radius 1 is 1.14 bits per heavy atom. The summed E-state index contributed by atoms with van der Waals surface area (Å²) in [5, 5.41) is 3.33. The molecule has 2 aromatic carbocycles. The molecule has 110 valence electrons. The van der Waals surface area contributed by atoms with Gasteiger partial charge >= 0.3 is 0 Å². The molecule has 0 unspecified atom stereocenters. The van der Waals surface area contributed by atoms with E-state index in [-0.39, 0.29) is 10.9 Å². The molecular weight excluding hydrogens is 375 g/mol. The molecule has 1 amide bonds. The predicted octanol–water partition coefficient (Wildman–Crippen LogP) is 4.26. The highest BCUT2D eigenvalue weighted by molar-refractivity contribution is 9.10. The van der Waals surface area contributed by atoms with E-state index in [9.17, 15) is 4.79 Å². The molecule has 3 N–H and O–H groups in total. The fourth-order valence-corrected chi connectivity index (χ4v) is 2.63. The molecule has 3 nitrogen and oxygen atoms in total. The topological polar surface area (TPSA) is 55.1 Å². The highest BCUT2D eigenvalue weighted by Crippen LogP contribution is 2.35. The first kappa shape index (κ1) is 16.3. The highest BCUT2D eigenvalue weighted by atomic mass is 79.9. The molecule has 0 aliphatic heterocycles. The molecule has 0 radical (unpaired) electrons. The first-order valence-electron chi connectivity index (χ1n) is 6.23. The fourth-order valence-electron chi connectivity index (χ4n) is 1.81. The summed E-state index contributed by atoms with van der Waals surface area (Å²) in [5.41, 5.74) is 7.36. The minimum absolute atomic E-state index is 0.284. The lowest BCUT2D eigenvalue weighted by atomic mass is 10.1. The van der Waals surface area contributed by atoms with Crippen LogP contribution in [0.3, 0.4) is 0 Å². The third kappa shape index (κ3) is 4.20. The Labute approximate surface area is 141 Å². The van der Waals surface area contributed by atoms with Gasteiger partial charge in [0.2, 0.25) is 5.91 Å². The van der Waals surface area contributed by atoms with Crippen LogP contribution in [0.15, 0.2) is 46.9 Å². The summed E-state index contributed by atoms with van der Waals surface area (Å²) in [4.78, 5) is 12.1. The van der Waals surface area contributed by atoms with Gasteiger partial charge in [0.15, 0.2) is 0 Å². The van der Waals surface area contributed by atoms with Crippen molar-refractivity contribution in [2.24, 2.45) is 5.73 Å². The van der Waals surface area contributed by atoms with E-state index < -0.39 is 6.04 Å². The van der Waals surface area contributed by atoms with Crippen molar-refractivity contribution < 1.29 is 4.79 Å². The third-order valence-electron chi connectivity index (χ3n) is 2.93. The van der Waals surface area contributed by atoms with Crippen LogP contribution in [0.4, 0.5) is 5.69 Å². The summed E-state index contributed by atoms with van der Waals surface area (Å²) in [6.07, 6.45) is 0.453. The lowest BCUT2D eigenvalue weighted by Gasteiger charge is -2.14. The monoisotopic (exact) mass is 386 g/mol. The van der Waals surface area contributed by atoms with E-state index in [1.807, 2.05) is 30.3 Å². The van der Waals surface area contributed by atoms with Crippen molar-refractivity contribution in [3.63, 3.8) is 0 Å². The summed E-state index contributed by atoms with van der Waals surface area (Å²) < 4.78 is 0.667. The molecule has 0 fully saturated rings. The summed E-state index contributed by atoms with van der Waals surface area (Å²) in [6, 6.07) is 12.3. The SMILES string of the molecule is N[C@@H](Cc1ccccc1)C(=O)Nc1ccc(Br)c(Cl)c1Cl. The molecule has 21 heavy (non-hydrogen) atoms. The van der Waals surface area contributed by atoms with Crippen molar-refractivity contribution in [2.75, 3.05) is 5.32 Å². The Bertz CT molecular complexity index is 650. The van der Waals surface area contributed by atoms with Gasteiger partial charge in [-0.3, -0.25) is 4.79 Å². The first-order chi connectivity index (χ1) is 9.99. The molecule has 0 spiro atoms. The second-order valence-corrected chi connectivity index (χ2v) is 6.12. The van der Waals surface area contributed by atoms with Gasteiger partial charge in [-0.1, -0.05) is 53.5 Å². The maximum atomic E-state index is 12.1. The molecule has 0 heterocycles. The van der Waals surface area contributed by atoms with E-state index in [2.05, 4.69) is 21.2 Å². The molecular formula is C15H13BrCl2N2O. The van der Waals surface area contributed by atoms with Crippen molar-refractivity contribution in [3.8, 4) is 0 Å². The fraction of sp³-hybridized carbons (Fsp3) is 0.133. The smallest absolute Gasteiger partial charge is 0.241 e. The largest absolute Gasteiger partial charge is 0.323 e. The van der Waals surface area contributed by atoms with Crippen molar-refractivity contribution in [3.05, 3.63) is 62.5 Å². The number of rotatable bonds is 4. The molecule has 2 rings (SSSR count). The Kier molecular flexibility index (Phi) is 5.65. The zero-order valence-electron chi connectivity index (χ0n) is 10.9. The quantitative estimate of drug-likeness (QED) is 0.770. The lowest BCUT2D eigenvalue weighted by molar-refractivity contribution is -0.117. The van der Waals surface area contributed by atoms with E-state index >= 15 is 0 Å². The third-order valence-corrected chi connectivity index (χ3v) is 4.70. The van der Waals surface area contributed by atoms with Gasteiger partial charge in [0.05, 0.1) is 21.8 Å². The minimum Gasteiger partial charge on any atom is -0.323 e. The van der Waals surface area contributed by atoms with Gasteiger partial charge in [-0.05, 0) is 40.0 Å². The standard InChI is InChI=1S/C15H13BrCl2N2O/c16-10-6-7-12(14(18)13(10)17)20-15(21)11(19)8-9-4-2-1-3-5-9/h1-7,11H,8,19H2,(H,20,21)/t11-/m0/s1. The van der Waals surface area contributed by atoms with Crippen molar-refractivity contribution in [1.82, 2.24) is 0 Å². The van der Waals surface area contributed by atoms with Crippen molar-refractivity contribution >= 4 is 50.7 Å². The molecule has 1 atom stereocenters. The molecule has 0 aromatic heterocycles. The number of benzene rings is 2. The van der Waals surface area contributed by atoms with E-state index in [0.29, 0.717) is 21.6 Å². The molecule has 0 bridgehead atoms. The van der Waals surface area contributed by atoms with Gasteiger partial charge in [0.25, 0.3) is 0 Å². The van der Waals surface area contributed by atoms with Crippen LogP contribution < -0.4 is 11.1 Å². The van der Waals surface area contributed by atoms with Crippen LogP contribution in [0.2, 0.25) is 10.0 Å². The van der Waals surface area contributed by atoms with E-state index in [4.69, 9.17) is 28.9 Å². The molecule has 6 heteroatoms. The summed E-state index contributed by atoms with van der Waals surface area (Å²) >= 11 is 15.4. The number of halogens is 3. The number of anilines is 1. The van der Waals surface area contributed by atoms with Crippen LogP contribution in [0.5, 0.6) is 0 Å². The molecule has 0 aliphatic carbocycles. The number of hydrogen-bond acceptors (Lipinski definition) is 2. The molecule has 2 aromatic rings. The zero-order chi connectivity index (χ0) is 15.4. The Morgan fingerprint density at radius 3 is 2.48 bits per heavy atom. The van der Waals surface area contributed by atoms with Gasteiger partial charge in [-0.15, -0.1) is 0 Å². The summed E-state index contributed by atoms with van der Waals surface area (Å²) in [7, 11) is 0. The first-order valence-corrected chi connectivity index (χ1v) is 7.78. The van der Waals surface area contributed by atoms with Gasteiger partial charge in [0, 0.05) is 4.47 Å². The van der Waals surface area contributed by atoms with Crippen LogP contribution in [0, 0.1) is 0 Å². The Balaban J connectivity index is 2.06.